The number of methoxy groups -OCH3 is 2. The van der Waals surface area contributed by atoms with E-state index in [-0.39, 0.29) is 22.8 Å². The van der Waals surface area contributed by atoms with Crippen molar-refractivity contribution in [2.75, 3.05) is 19.5 Å². The van der Waals surface area contributed by atoms with Gasteiger partial charge in [0.1, 0.15) is 5.75 Å². The van der Waals surface area contributed by atoms with Gasteiger partial charge in [0, 0.05) is 6.07 Å². The number of fused-ring (bicyclic) bond motifs is 1. The summed E-state index contributed by atoms with van der Waals surface area (Å²) >= 11 is 0. The van der Waals surface area contributed by atoms with Gasteiger partial charge in [-0.3, -0.25) is 10.1 Å². The summed E-state index contributed by atoms with van der Waals surface area (Å²) in [4.78, 5) is 25.2. The Balaban J connectivity index is 2.57. The van der Waals surface area contributed by atoms with Crippen molar-refractivity contribution >= 4 is 28.9 Å². The quantitative estimate of drug-likeness (QED) is 0.666. The highest BCUT2D eigenvalue weighted by Crippen LogP contribution is 2.34. The van der Waals surface area contributed by atoms with Crippen LogP contribution in [-0.4, -0.2) is 30.2 Å². The Morgan fingerprint density at radius 3 is 2.79 bits per heavy atom. The first kappa shape index (κ1) is 12.6. The van der Waals surface area contributed by atoms with Crippen LogP contribution in [0.3, 0.4) is 0 Å². The molecular weight excluding hydrogens is 258 g/mol. The van der Waals surface area contributed by atoms with Crippen LogP contribution in [0.2, 0.25) is 0 Å². The normalized spacial score (nSPS) is 10.2. The molecule has 0 saturated heterocycles. The van der Waals surface area contributed by atoms with Crippen molar-refractivity contribution in [3.63, 3.8) is 0 Å². The molecule has 1 aromatic heterocycles. The predicted molar refractivity (Wildman–Crippen MR) is 63.2 cm³/mol. The third-order valence-electron chi connectivity index (χ3n) is 2.30. The van der Waals surface area contributed by atoms with Crippen molar-refractivity contribution in [3.8, 4) is 5.75 Å². The molecule has 0 fully saturated rings. The molecule has 0 spiro atoms. The van der Waals surface area contributed by atoms with Gasteiger partial charge in [0.05, 0.1) is 19.1 Å². The molecular formula is C10H9N3O6. The number of carbonyl (C=O) groups excluding carboxylic acids is 1. The molecule has 100 valence electrons. The highest BCUT2D eigenvalue weighted by molar-refractivity contribution is 5.91. The molecule has 0 aliphatic heterocycles. The van der Waals surface area contributed by atoms with E-state index in [0.29, 0.717) is 5.75 Å². The van der Waals surface area contributed by atoms with Gasteiger partial charge in [0.2, 0.25) is 5.58 Å². The molecule has 9 heteroatoms. The van der Waals surface area contributed by atoms with E-state index in [0.717, 1.165) is 0 Å². The Hall–Kier alpha value is -2.84. The largest absolute Gasteiger partial charge is 0.494 e. The molecule has 1 N–H and O–H groups in total. The molecule has 0 atom stereocenters. The van der Waals surface area contributed by atoms with Crippen LogP contribution >= 0.6 is 0 Å². The van der Waals surface area contributed by atoms with Crippen molar-refractivity contribution in [3.05, 3.63) is 22.2 Å². The fourth-order valence-electron chi connectivity index (χ4n) is 1.47. The molecule has 9 nitrogen and oxygen atoms in total. The number of nitro groups is 1. The SMILES string of the molecule is COC(=O)Nc1nc2c(OC)ccc([N+](=O)[O-])c2o1. The summed E-state index contributed by atoms with van der Waals surface area (Å²) in [5.74, 6) is 0.294. The highest BCUT2D eigenvalue weighted by Gasteiger charge is 2.22. The van der Waals surface area contributed by atoms with Crippen LogP contribution in [0, 0.1) is 10.1 Å². The molecule has 0 unspecified atom stereocenters. The summed E-state index contributed by atoms with van der Waals surface area (Å²) < 4.78 is 14.5. The summed E-state index contributed by atoms with van der Waals surface area (Å²) in [5.41, 5.74) is -0.222. The Bertz CT molecular complexity index is 650. The second-order valence-electron chi connectivity index (χ2n) is 3.36. The van der Waals surface area contributed by atoms with Crippen LogP contribution < -0.4 is 10.1 Å². The van der Waals surface area contributed by atoms with E-state index in [4.69, 9.17) is 9.15 Å². The van der Waals surface area contributed by atoms with Crippen molar-refractivity contribution in [1.82, 2.24) is 4.98 Å². The topological polar surface area (TPSA) is 117 Å². The molecule has 0 bridgehead atoms. The number of aromatic nitrogens is 1. The maximum atomic E-state index is 11.0. The van der Waals surface area contributed by atoms with Gasteiger partial charge in [-0.2, -0.15) is 4.98 Å². The van der Waals surface area contributed by atoms with Gasteiger partial charge in [-0.15, -0.1) is 0 Å². The molecule has 1 heterocycles. The van der Waals surface area contributed by atoms with Gasteiger partial charge in [0.15, 0.2) is 5.52 Å². The average Bonchev–Trinajstić information content (AvgIpc) is 2.80. The Labute approximate surface area is 106 Å². The zero-order valence-corrected chi connectivity index (χ0v) is 10.00. The molecule has 19 heavy (non-hydrogen) atoms. The van der Waals surface area contributed by atoms with Crippen LogP contribution in [0.5, 0.6) is 5.75 Å². The number of anilines is 1. The van der Waals surface area contributed by atoms with E-state index in [2.05, 4.69) is 15.0 Å². The first-order valence-corrected chi connectivity index (χ1v) is 5.03. The minimum Gasteiger partial charge on any atom is -0.494 e. The lowest BCUT2D eigenvalue weighted by atomic mass is 10.2. The maximum absolute atomic E-state index is 11.0. The number of nitro benzene ring substituents is 1. The van der Waals surface area contributed by atoms with Gasteiger partial charge in [-0.1, -0.05) is 0 Å². The number of rotatable bonds is 3. The number of hydrogen-bond acceptors (Lipinski definition) is 7. The molecule has 2 aromatic rings. The average molecular weight is 267 g/mol. The monoisotopic (exact) mass is 267 g/mol. The van der Waals surface area contributed by atoms with E-state index >= 15 is 0 Å². The second kappa shape index (κ2) is 4.80. The van der Waals surface area contributed by atoms with Crippen molar-refractivity contribution in [1.29, 1.82) is 0 Å². The fourth-order valence-corrected chi connectivity index (χ4v) is 1.47. The van der Waals surface area contributed by atoms with Crippen molar-refractivity contribution < 1.29 is 23.6 Å². The molecule has 0 radical (unpaired) electrons. The summed E-state index contributed by atoms with van der Waals surface area (Å²) in [6.07, 6.45) is -0.798. The van der Waals surface area contributed by atoms with Gasteiger partial charge in [0.25, 0.3) is 0 Å². The lowest BCUT2D eigenvalue weighted by molar-refractivity contribution is -0.383. The minimum atomic E-state index is -0.798. The Morgan fingerprint density at radius 1 is 1.47 bits per heavy atom. The van der Waals surface area contributed by atoms with Crippen LogP contribution in [0.4, 0.5) is 16.5 Å². The van der Waals surface area contributed by atoms with Gasteiger partial charge >= 0.3 is 17.8 Å². The molecule has 2 rings (SSSR count). The number of hydrogen-bond donors (Lipinski definition) is 1. The van der Waals surface area contributed by atoms with Crippen LogP contribution in [0.1, 0.15) is 0 Å². The molecule has 0 aliphatic carbocycles. The molecule has 1 aromatic carbocycles. The van der Waals surface area contributed by atoms with E-state index in [1.807, 2.05) is 0 Å². The Kier molecular flexibility index (Phi) is 3.19. The lowest BCUT2D eigenvalue weighted by Gasteiger charge is -1.98. The standard InChI is InChI=1S/C10H9N3O6/c1-17-6-4-3-5(13(15)16)8-7(6)11-9(19-8)12-10(14)18-2/h3-4H,1-2H3,(H,11,12,14). The summed E-state index contributed by atoms with van der Waals surface area (Å²) in [6.45, 7) is 0. The zero-order chi connectivity index (χ0) is 14.0. The lowest BCUT2D eigenvalue weighted by Crippen LogP contribution is -2.10. The third-order valence-corrected chi connectivity index (χ3v) is 2.30. The third kappa shape index (κ3) is 2.25. The summed E-state index contributed by atoms with van der Waals surface area (Å²) in [7, 11) is 2.56. The maximum Gasteiger partial charge on any atom is 0.414 e. The number of ether oxygens (including phenoxy) is 2. The number of oxazole rings is 1. The van der Waals surface area contributed by atoms with Gasteiger partial charge < -0.3 is 13.9 Å². The smallest absolute Gasteiger partial charge is 0.414 e. The first-order chi connectivity index (χ1) is 9.06. The first-order valence-electron chi connectivity index (χ1n) is 5.03. The van der Waals surface area contributed by atoms with E-state index < -0.39 is 11.0 Å². The summed E-state index contributed by atoms with van der Waals surface area (Å²) in [6, 6.07) is 2.41. The number of carbonyl (C=O) groups is 1. The molecule has 0 saturated carbocycles. The number of non-ortho nitro benzene ring substituents is 1. The minimum absolute atomic E-state index is 0.0873. The number of amides is 1. The van der Waals surface area contributed by atoms with Gasteiger partial charge in [-0.05, 0) is 6.07 Å². The Morgan fingerprint density at radius 2 is 2.21 bits per heavy atom. The van der Waals surface area contributed by atoms with Crippen molar-refractivity contribution in [2.24, 2.45) is 0 Å². The van der Waals surface area contributed by atoms with Crippen molar-refractivity contribution in [2.45, 2.75) is 0 Å². The van der Waals surface area contributed by atoms with Crippen LogP contribution in [0.25, 0.3) is 11.1 Å². The highest BCUT2D eigenvalue weighted by atomic mass is 16.6. The van der Waals surface area contributed by atoms with E-state index in [9.17, 15) is 14.9 Å². The predicted octanol–water partition coefficient (Wildman–Crippen LogP) is 1.92. The van der Waals surface area contributed by atoms with Crippen LogP contribution in [0.15, 0.2) is 16.5 Å². The number of nitrogens with one attached hydrogen (secondary N) is 1. The second-order valence-corrected chi connectivity index (χ2v) is 3.36. The van der Waals surface area contributed by atoms with Gasteiger partial charge in [-0.25, -0.2) is 10.1 Å². The van der Waals surface area contributed by atoms with E-state index in [1.54, 1.807) is 0 Å². The zero-order valence-electron chi connectivity index (χ0n) is 10.00. The molecule has 0 aliphatic rings. The van der Waals surface area contributed by atoms with Crippen LogP contribution in [-0.2, 0) is 4.74 Å². The van der Waals surface area contributed by atoms with E-state index in [1.165, 1.54) is 26.4 Å². The number of benzene rings is 1. The molecule has 1 amide bonds. The fraction of sp³-hybridized carbons (Fsp3) is 0.200. The number of nitrogens with zero attached hydrogens (tertiary/aromatic N) is 2. The summed E-state index contributed by atoms with van der Waals surface area (Å²) in [5, 5.41) is 13.0.